The number of hydrogen-bond acceptors (Lipinski definition) is 2. The molecule has 0 saturated heterocycles. The number of ether oxygens (including phenoxy) is 1. The van der Waals surface area contributed by atoms with Crippen molar-refractivity contribution in [2.75, 3.05) is 0 Å². The molecule has 3 nitrogen and oxygen atoms in total. The first-order chi connectivity index (χ1) is 7.99. The van der Waals surface area contributed by atoms with Crippen molar-refractivity contribution < 1.29 is 27.8 Å². The van der Waals surface area contributed by atoms with Crippen molar-refractivity contribution in [3.8, 4) is 5.75 Å². The lowest BCUT2D eigenvalue weighted by Crippen LogP contribution is -1.90. The van der Waals surface area contributed by atoms with Gasteiger partial charge in [-0.3, -0.25) is 0 Å². The number of carboxylic acid groups (broad SMARTS) is 1. The van der Waals surface area contributed by atoms with Crippen LogP contribution in [0.15, 0.2) is 42.4 Å². The molecule has 0 atom stereocenters. The highest BCUT2D eigenvalue weighted by Crippen LogP contribution is 2.19. The van der Waals surface area contributed by atoms with Crippen molar-refractivity contribution in [3.05, 3.63) is 48.0 Å². The molecular formula is C11H7F3O3. The number of hydrogen-bond donors (Lipinski definition) is 1. The first-order valence-corrected chi connectivity index (χ1v) is 4.38. The molecule has 0 aromatic heterocycles. The fourth-order valence-corrected chi connectivity index (χ4v) is 0.957. The van der Waals surface area contributed by atoms with E-state index in [0.29, 0.717) is 5.56 Å². The van der Waals surface area contributed by atoms with E-state index < -0.39 is 18.1 Å². The monoisotopic (exact) mass is 244 g/mol. The number of carbonyl (C=O) groups is 1. The highest BCUT2D eigenvalue weighted by molar-refractivity contribution is 5.85. The number of carboxylic acids is 1. The van der Waals surface area contributed by atoms with Crippen LogP contribution >= 0.6 is 0 Å². The number of benzene rings is 1. The van der Waals surface area contributed by atoms with E-state index in [2.05, 4.69) is 4.74 Å². The molecule has 1 N–H and O–H groups in total. The van der Waals surface area contributed by atoms with Gasteiger partial charge in [0.2, 0.25) is 0 Å². The average molecular weight is 244 g/mol. The summed E-state index contributed by atoms with van der Waals surface area (Å²) in [7, 11) is 0. The van der Waals surface area contributed by atoms with Crippen LogP contribution in [0.3, 0.4) is 0 Å². The van der Waals surface area contributed by atoms with Crippen molar-refractivity contribution in [2.24, 2.45) is 0 Å². The van der Waals surface area contributed by atoms with Crippen molar-refractivity contribution >= 4 is 12.0 Å². The summed E-state index contributed by atoms with van der Waals surface area (Å²) in [4.78, 5) is 10.2. The lowest BCUT2D eigenvalue weighted by molar-refractivity contribution is -0.131. The third-order valence-electron chi connectivity index (χ3n) is 1.65. The van der Waals surface area contributed by atoms with E-state index in [1.54, 1.807) is 0 Å². The Bertz CT molecular complexity index is 459. The van der Waals surface area contributed by atoms with Crippen LogP contribution in [0.25, 0.3) is 6.08 Å². The Labute approximate surface area is 94.4 Å². The van der Waals surface area contributed by atoms with E-state index in [1.165, 1.54) is 30.3 Å². The molecule has 1 aromatic carbocycles. The topological polar surface area (TPSA) is 46.5 Å². The SMILES string of the molecule is O=C(O)C=Cc1ccc(OC(F)=C(F)F)cc1. The normalized spacial score (nSPS) is 10.3. The van der Waals surface area contributed by atoms with Gasteiger partial charge in [-0.2, -0.15) is 13.2 Å². The van der Waals surface area contributed by atoms with Gasteiger partial charge in [-0.05, 0) is 23.8 Å². The number of aliphatic carboxylic acids is 1. The fourth-order valence-electron chi connectivity index (χ4n) is 0.957. The Kier molecular flexibility index (Phi) is 4.33. The second-order valence-corrected chi connectivity index (χ2v) is 2.88. The highest BCUT2D eigenvalue weighted by atomic mass is 19.3. The summed E-state index contributed by atoms with van der Waals surface area (Å²) in [5.74, 6) is -1.22. The number of rotatable bonds is 4. The summed E-state index contributed by atoms with van der Waals surface area (Å²) < 4.78 is 40.0. The van der Waals surface area contributed by atoms with Gasteiger partial charge in [-0.25, -0.2) is 4.79 Å². The predicted octanol–water partition coefficient (Wildman–Crippen LogP) is 3.20. The first-order valence-electron chi connectivity index (χ1n) is 4.38. The van der Waals surface area contributed by atoms with Crippen molar-refractivity contribution in [2.45, 2.75) is 0 Å². The summed E-state index contributed by atoms with van der Waals surface area (Å²) in [6, 6.07) is 3.32. The minimum atomic E-state index is -2.54. The van der Waals surface area contributed by atoms with Gasteiger partial charge in [0, 0.05) is 6.08 Å². The van der Waals surface area contributed by atoms with Crippen LogP contribution in [0.4, 0.5) is 13.2 Å². The molecule has 6 heteroatoms. The fraction of sp³-hybridized carbons (Fsp3) is 0. The predicted molar refractivity (Wildman–Crippen MR) is 54.1 cm³/mol. The van der Waals surface area contributed by atoms with E-state index in [-0.39, 0.29) is 5.75 Å². The standard InChI is InChI=1S/C11H7F3O3/c12-10(13)11(14)17-8-4-1-7(2-5-8)3-6-9(15)16/h1-6H,(H,15,16). The molecule has 0 heterocycles. The molecule has 0 aliphatic rings. The van der Waals surface area contributed by atoms with Gasteiger partial charge in [-0.1, -0.05) is 12.1 Å². The lowest BCUT2D eigenvalue weighted by atomic mass is 10.2. The van der Waals surface area contributed by atoms with E-state index in [9.17, 15) is 18.0 Å². The molecule has 1 rings (SSSR count). The summed E-state index contributed by atoms with van der Waals surface area (Å²) in [6.07, 6.45) is -0.328. The molecule has 0 radical (unpaired) electrons. The molecular weight excluding hydrogens is 237 g/mol. The maximum absolute atomic E-state index is 12.4. The third-order valence-corrected chi connectivity index (χ3v) is 1.65. The molecule has 0 aliphatic heterocycles. The molecule has 0 fully saturated rings. The molecule has 0 unspecified atom stereocenters. The van der Waals surface area contributed by atoms with Gasteiger partial charge in [0.05, 0.1) is 0 Å². The van der Waals surface area contributed by atoms with Crippen molar-refractivity contribution in [1.29, 1.82) is 0 Å². The van der Waals surface area contributed by atoms with E-state index in [4.69, 9.17) is 5.11 Å². The molecule has 0 saturated carbocycles. The van der Waals surface area contributed by atoms with Crippen LogP contribution in [0.5, 0.6) is 5.75 Å². The summed E-state index contributed by atoms with van der Waals surface area (Å²) in [5, 5.41) is 8.36. The van der Waals surface area contributed by atoms with Gasteiger partial charge in [0.15, 0.2) is 0 Å². The van der Waals surface area contributed by atoms with Gasteiger partial charge in [0.25, 0.3) is 0 Å². The molecule has 0 bridgehead atoms. The Hall–Kier alpha value is -2.24. The van der Waals surface area contributed by atoms with Crippen LogP contribution < -0.4 is 4.74 Å². The van der Waals surface area contributed by atoms with Crippen LogP contribution in [-0.4, -0.2) is 11.1 Å². The Morgan fingerprint density at radius 2 is 1.76 bits per heavy atom. The van der Waals surface area contributed by atoms with Crippen LogP contribution in [-0.2, 0) is 4.79 Å². The largest absolute Gasteiger partial charge is 0.478 e. The minimum Gasteiger partial charge on any atom is -0.478 e. The molecule has 0 spiro atoms. The van der Waals surface area contributed by atoms with E-state index in [0.717, 1.165) is 6.08 Å². The second-order valence-electron chi connectivity index (χ2n) is 2.88. The maximum Gasteiger partial charge on any atom is 0.344 e. The summed E-state index contributed by atoms with van der Waals surface area (Å²) in [5.41, 5.74) is 0.518. The first kappa shape index (κ1) is 12.8. The quantitative estimate of drug-likeness (QED) is 0.653. The van der Waals surface area contributed by atoms with Crippen molar-refractivity contribution in [3.63, 3.8) is 0 Å². The van der Waals surface area contributed by atoms with Crippen LogP contribution in [0.1, 0.15) is 5.56 Å². The van der Waals surface area contributed by atoms with Crippen LogP contribution in [0.2, 0.25) is 0 Å². The molecule has 0 aliphatic carbocycles. The Morgan fingerprint density at radius 1 is 1.18 bits per heavy atom. The molecule has 90 valence electrons. The highest BCUT2D eigenvalue weighted by Gasteiger charge is 2.07. The zero-order valence-corrected chi connectivity index (χ0v) is 8.36. The molecule has 17 heavy (non-hydrogen) atoms. The Morgan fingerprint density at radius 3 is 2.24 bits per heavy atom. The van der Waals surface area contributed by atoms with E-state index in [1.807, 2.05) is 0 Å². The molecule has 1 aromatic rings. The van der Waals surface area contributed by atoms with Gasteiger partial charge >= 0.3 is 18.1 Å². The smallest absolute Gasteiger partial charge is 0.344 e. The third kappa shape index (κ3) is 4.42. The zero-order valence-electron chi connectivity index (χ0n) is 8.36. The second kappa shape index (κ2) is 5.74. The minimum absolute atomic E-state index is 0.109. The van der Waals surface area contributed by atoms with E-state index >= 15 is 0 Å². The molecule has 0 amide bonds. The zero-order chi connectivity index (χ0) is 12.8. The van der Waals surface area contributed by atoms with Gasteiger partial charge < -0.3 is 9.84 Å². The lowest BCUT2D eigenvalue weighted by Gasteiger charge is -2.01. The summed E-state index contributed by atoms with van der Waals surface area (Å²) >= 11 is 0. The summed E-state index contributed by atoms with van der Waals surface area (Å²) in [6.45, 7) is 0. The Balaban J connectivity index is 2.75. The number of halogens is 3. The van der Waals surface area contributed by atoms with Gasteiger partial charge in [0.1, 0.15) is 5.75 Å². The van der Waals surface area contributed by atoms with Gasteiger partial charge in [-0.15, -0.1) is 0 Å². The average Bonchev–Trinajstić information content (AvgIpc) is 2.28. The van der Waals surface area contributed by atoms with Crippen molar-refractivity contribution in [1.82, 2.24) is 0 Å². The van der Waals surface area contributed by atoms with Crippen LogP contribution in [0, 0.1) is 0 Å². The maximum atomic E-state index is 12.4.